The predicted molar refractivity (Wildman–Crippen MR) is 149 cm³/mol. The molecule has 0 amide bonds. The van der Waals surface area contributed by atoms with Gasteiger partial charge in [0.2, 0.25) is 0 Å². The molecule has 0 aliphatic rings. The summed E-state index contributed by atoms with van der Waals surface area (Å²) in [7, 11) is 5.57. The van der Waals surface area contributed by atoms with Crippen LogP contribution < -0.4 is 4.74 Å². The van der Waals surface area contributed by atoms with Gasteiger partial charge in [0.1, 0.15) is 11.4 Å². The Morgan fingerprint density at radius 3 is 2.31 bits per heavy atom. The Bertz CT molecular complexity index is 1050. The number of aldehydes is 1. The van der Waals surface area contributed by atoms with Gasteiger partial charge in [-0.25, -0.2) is 4.98 Å². The maximum Gasteiger partial charge on any atom is 0.151 e. The van der Waals surface area contributed by atoms with Crippen molar-refractivity contribution < 1.29 is 14.3 Å². The van der Waals surface area contributed by atoms with Gasteiger partial charge >= 0.3 is 0 Å². The van der Waals surface area contributed by atoms with Crippen LogP contribution >= 0.6 is 0 Å². The number of rotatable bonds is 13. The number of aryl methyl sites for hydroxylation is 1. The molecular weight excluding hydrogens is 450 g/mol. The fraction of sp³-hybridized carbons (Fsp3) is 0.533. The second kappa shape index (κ2) is 15.4. The van der Waals surface area contributed by atoms with Crippen molar-refractivity contribution in [3.8, 4) is 17.0 Å². The van der Waals surface area contributed by atoms with E-state index in [2.05, 4.69) is 39.6 Å². The summed E-state index contributed by atoms with van der Waals surface area (Å²) in [4.78, 5) is 18.3. The minimum absolute atomic E-state index is 0.630. The summed E-state index contributed by atoms with van der Waals surface area (Å²) in [5, 5.41) is 0. The van der Waals surface area contributed by atoms with Gasteiger partial charge in [-0.1, -0.05) is 39.8 Å². The number of benzene rings is 1. The molecule has 0 fully saturated rings. The number of pyridine rings is 1. The number of aromatic nitrogens is 2. The van der Waals surface area contributed by atoms with E-state index in [-0.39, 0.29) is 0 Å². The lowest BCUT2D eigenvalue weighted by atomic mass is 10.1. The molecule has 3 rings (SSSR count). The SMILES string of the molecule is CC(C)CCN(C)CCC(C)C.COCCCc1c(-c2cccc(OC)c2)nc2ccc(C=O)cn12. The summed E-state index contributed by atoms with van der Waals surface area (Å²) in [6.45, 7) is 12.3. The van der Waals surface area contributed by atoms with Gasteiger partial charge < -0.3 is 18.8 Å². The molecule has 0 atom stereocenters. The third-order valence-corrected chi connectivity index (χ3v) is 6.16. The maximum atomic E-state index is 11.1. The van der Waals surface area contributed by atoms with Gasteiger partial charge in [0.15, 0.2) is 6.29 Å². The molecule has 36 heavy (non-hydrogen) atoms. The van der Waals surface area contributed by atoms with Gasteiger partial charge in [-0.05, 0) is 81.9 Å². The highest BCUT2D eigenvalue weighted by molar-refractivity contribution is 5.76. The molecule has 0 aliphatic carbocycles. The molecule has 2 heterocycles. The number of hydrogen-bond donors (Lipinski definition) is 0. The summed E-state index contributed by atoms with van der Waals surface area (Å²) >= 11 is 0. The maximum absolute atomic E-state index is 11.1. The van der Waals surface area contributed by atoms with E-state index < -0.39 is 0 Å². The molecule has 0 aliphatic heterocycles. The van der Waals surface area contributed by atoms with Gasteiger partial charge in [0.25, 0.3) is 0 Å². The molecule has 198 valence electrons. The average Bonchev–Trinajstić information content (AvgIpc) is 3.24. The van der Waals surface area contributed by atoms with Crippen LogP contribution in [-0.2, 0) is 11.2 Å². The molecule has 3 aromatic rings. The largest absolute Gasteiger partial charge is 0.497 e. The van der Waals surface area contributed by atoms with Gasteiger partial charge in [0, 0.05) is 31.0 Å². The van der Waals surface area contributed by atoms with Crippen LogP contribution in [0.3, 0.4) is 0 Å². The zero-order valence-electron chi connectivity index (χ0n) is 23.3. The summed E-state index contributed by atoms with van der Waals surface area (Å²) in [5.74, 6) is 2.47. The van der Waals surface area contributed by atoms with Gasteiger partial charge in [-0.15, -0.1) is 0 Å². The zero-order valence-corrected chi connectivity index (χ0v) is 23.3. The van der Waals surface area contributed by atoms with Crippen LogP contribution in [0, 0.1) is 11.8 Å². The molecule has 0 bridgehead atoms. The Hall–Kier alpha value is -2.70. The number of imidazole rings is 1. The van der Waals surface area contributed by atoms with Crippen molar-refractivity contribution in [1.29, 1.82) is 0 Å². The van der Waals surface area contributed by atoms with Crippen molar-refractivity contribution in [3.05, 3.63) is 53.9 Å². The Labute approximate surface area is 217 Å². The lowest BCUT2D eigenvalue weighted by molar-refractivity contribution is 0.112. The Kier molecular flexibility index (Phi) is 12.6. The summed E-state index contributed by atoms with van der Waals surface area (Å²) in [6.07, 6.45) is 7.03. The Morgan fingerprint density at radius 2 is 1.72 bits per heavy atom. The van der Waals surface area contributed by atoms with Crippen LogP contribution in [0.2, 0.25) is 0 Å². The third-order valence-electron chi connectivity index (χ3n) is 6.16. The van der Waals surface area contributed by atoms with E-state index in [0.29, 0.717) is 12.2 Å². The second-order valence-corrected chi connectivity index (χ2v) is 10.2. The van der Waals surface area contributed by atoms with Crippen LogP contribution in [0.5, 0.6) is 5.75 Å². The first-order valence-corrected chi connectivity index (χ1v) is 13.1. The molecule has 0 saturated heterocycles. The van der Waals surface area contributed by atoms with Crippen molar-refractivity contribution >= 4 is 11.9 Å². The van der Waals surface area contributed by atoms with Crippen LogP contribution in [-0.4, -0.2) is 61.5 Å². The summed E-state index contributed by atoms with van der Waals surface area (Å²) in [6, 6.07) is 11.5. The topological polar surface area (TPSA) is 56.1 Å². The van der Waals surface area contributed by atoms with Crippen molar-refractivity contribution in [2.24, 2.45) is 11.8 Å². The van der Waals surface area contributed by atoms with Gasteiger partial charge in [-0.2, -0.15) is 0 Å². The van der Waals surface area contributed by atoms with Crippen molar-refractivity contribution in [2.75, 3.05) is 41.0 Å². The number of carbonyl (C=O) groups excluding carboxylic acids is 1. The molecule has 0 N–H and O–H groups in total. The summed E-state index contributed by atoms with van der Waals surface area (Å²) in [5.41, 5.74) is 4.43. The fourth-order valence-corrected chi connectivity index (χ4v) is 3.87. The van der Waals surface area contributed by atoms with E-state index in [1.165, 1.54) is 25.9 Å². The van der Waals surface area contributed by atoms with Crippen LogP contribution in [0.4, 0.5) is 0 Å². The first kappa shape index (κ1) is 29.5. The van der Waals surface area contributed by atoms with Crippen LogP contribution in [0.1, 0.15) is 63.0 Å². The molecule has 0 spiro atoms. The number of methoxy groups -OCH3 is 2. The van der Waals surface area contributed by atoms with E-state index in [0.717, 1.165) is 59.3 Å². The molecule has 2 aromatic heterocycles. The minimum atomic E-state index is 0.630. The van der Waals surface area contributed by atoms with E-state index >= 15 is 0 Å². The van der Waals surface area contributed by atoms with E-state index in [1.807, 2.05) is 40.9 Å². The first-order valence-electron chi connectivity index (χ1n) is 13.1. The number of nitrogens with zero attached hydrogens (tertiary/aromatic N) is 3. The highest BCUT2D eigenvalue weighted by Gasteiger charge is 2.15. The number of hydrogen-bond acceptors (Lipinski definition) is 5. The van der Waals surface area contributed by atoms with Crippen LogP contribution in [0.15, 0.2) is 42.6 Å². The van der Waals surface area contributed by atoms with Crippen LogP contribution in [0.25, 0.3) is 16.9 Å². The highest BCUT2D eigenvalue weighted by atomic mass is 16.5. The number of carbonyl (C=O) groups is 1. The van der Waals surface area contributed by atoms with Gasteiger partial charge in [-0.3, -0.25) is 4.79 Å². The second-order valence-electron chi connectivity index (χ2n) is 10.2. The quantitative estimate of drug-likeness (QED) is 0.202. The van der Waals surface area contributed by atoms with E-state index in [9.17, 15) is 4.79 Å². The molecular formula is C30H45N3O3. The van der Waals surface area contributed by atoms with Crippen molar-refractivity contribution in [1.82, 2.24) is 14.3 Å². The van der Waals surface area contributed by atoms with E-state index in [4.69, 9.17) is 14.5 Å². The first-order chi connectivity index (χ1) is 17.3. The Balaban J connectivity index is 0.000000324. The highest BCUT2D eigenvalue weighted by Crippen LogP contribution is 2.28. The monoisotopic (exact) mass is 495 g/mol. The summed E-state index contributed by atoms with van der Waals surface area (Å²) < 4.78 is 12.5. The fourth-order valence-electron chi connectivity index (χ4n) is 3.87. The molecule has 0 radical (unpaired) electrons. The molecule has 1 aromatic carbocycles. The zero-order chi connectivity index (χ0) is 26.5. The smallest absolute Gasteiger partial charge is 0.151 e. The van der Waals surface area contributed by atoms with Gasteiger partial charge in [0.05, 0.1) is 18.5 Å². The number of ether oxygens (including phenoxy) is 2. The minimum Gasteiger partial charge on any atom is -0.497 e. The van der Waals surface area contributed by atoms with E-state index in [1.54, 1.807) is 20.3 Å². The normalized spacial score (nSPS) is 11.3. The lowest BCUT2D eigenvalue weighted by Crippen LogP contribution is -2.23. The predicted octanol–water partition coefficient (Wildman–Crippen LogP) is 6.41. The van der Waals surface area contributed by atoms with Crippen molar-refractivity contribution in [3.63, 3.8) is 0 Å². The molecule has 6 heteroatoms. The lowest BCUT2D eigenvalue weighted by Gasteiger charge is -2.18. The Morgan fingerprint density at radius 1 is 1.03 bits per heavy atom. The molecule has 6 nitrogen and oxygen atoms in total. The van der Waals surface area contributed by atoms with Crippen molar-refractivity contribution in [2.45, 2.75) is 53.4 Å². The third kappa shape index (κ3) is 9.40. The molecule has 0 saturated carbocycles. The standard InChI is InChI=1S/C19H20N2O3.C11H25N/c1-23-10-4-7-17-19(15-5-3-6-16(11-15)24-2)20-18-9-8-14(13-22)12-21(17)18;1-10(2)6-8-12(5)9-7-11(3)4/h3,5-6,8-9,11-13H,4,7,10H2,1-2H3;10-11H,6-9H2,1-5H3. The number of fused-ring (bicyclic) bond motifs is 1. The average molecular weight is 496 g/mol. The molecule has 0 unspecified atom stereocenters.